The second-order valence-corrected chi connectivity index (χ2v) is 6.67. The van der Waals surface area contributed by atoms with Crippen LogP contribution in [0.4, 0.5) is 0 Å². The Balaban J connectivity index is 1.91. The van der Waals surface area contributed by atoms with Crippen LogP contribution in [0.15, 0.2) is 24.3 Å². The fraction of sp³-hybridized carbons (Fsp3) is 0.538. The molecule has 2 rings (SSSR count). The van der Waals surface area contributed by atoms with Crippen molar-refractivity contribution in [1.82, 2.24) is 0 Å². The summed E-state index contributed by atoms with van der Waals surface area (Å²) >= 11 is 0. The summed E-state index contributed by atoms with van der Waals surface area (Å²) < 4.78 is 0. The van der Waals surface area contributed by atoms with Gasteiger partial charge in [-0.1, -0.05) is 43.2 Å². The van der Waals surface area contributed by atoms with Crippen molar-refractivity contribution in [2.75, 3.05) is 0 Å². The summed E-state index contributed by atoms with van der Waals surface area (Å²) in [6, 6.07) is 8.95. The van der Waals surface area contributed by atoms with Crippen molar-refractivity contribution in [3.8, 4) is 0 Å². The summed E-state index contributed by atoms with van der Waals surface area (Å²) in [4.78, 5) is 0. The van der Waals surface area contributed by atoms with E-state index < -0.39 is 0 Å². The molecule has 0 radical (unpaired) electrons. The Labute approximate surface area is 88.9 Å². The lowest BCUT2D eigenvalue weighted by molar-refractivity contribution is 0.387. The van der Waals surface area contributed by atoms with E-state index in [1.165, 1.54) is 36.6 Å². The number of aryl methyl sites for hydroxylation is 1. The molecule has 0 aromatic heterocycles. The van der Waals surface area contributed by atoms with E-state index in [1.807, 2.05) is 0 Å². The minimum absolute atomic E-state index is 0.698. The number of rotatable bonds is 3. The first-order valence-corrected chi connectivity index (χ1v) is 6.69. The lowest BCUT2D eigenvalue weighted by Gasteiger charge is -2.38. The van der Waals surface area contributed by atoms with E-state index in [4.69, 9.17) is 0 Å². The lowest BCUT2D eigenvalue weighted by atomic mass is 9.86. The zero-order chi connectivity index (χ0) is 10.0. The molecule has 1 aliphatic carbocycles. The molecule has 76 valence electrons. The van der Waals surface area contributed by atoms with Gasteiger partial charge in [0.15, 0.2) is 0 Å². The van der Waals surface area contributed by atoms with Crippen molar-refractivity contribution in [3.05, 3.63) is 35.4 Å². The fourth-order valence-electron chi connectivity index (χ4n) is 2.02. The molecule has 0 saturated heterocycles. The number of benzene rings is 1. The molecule has 1 saturated carbocycles. The van der Waals surface area contributed by atoms with Crippen LogP contribution in [-0.4, -0.2) is 5.16 Å². The van der Waals surface area contributed by atoms with Crippen LogP contribution in [0, 0.1) is 6.92 Å². The summed E-state index contributed by atoms with van der Waals surface area (Å²) in [5.41, 5.74) is 2.92. The molecular weight excluding hydrogens is 187 g/mol. The standard InChI is InChI=1S/C13H19P/c1-11-5-3-6-12(9-11)10-14-13(2)7-4-8-13/h3,5-6,9,14H,4,7-8,10H2,1-2H3. The number of hydrogen-bond donors (Lipinski definition) is 0. The maximum absolute atomic E-state index is 2.45. The Kier molecular flexibility index (Phi) is 2.93. The molecule has 0 aliphatic heterocycles. The second kappa shape index (κ2) is 4.03. The van der Waals surface area contributed by atoms with E-state index >= 15 is 0 Å². The normalized spacial score (nSPS) is 19.9. The van der Waals surface area contributed by atoms with E-state index in [2.05, 4.69) is 38.1 Å². The molecule has 0 N–H and O–H groups in total. The summed E-state index contributed by atoms with van der Waals surface area (Å²) in [5.74, 6) is 0. The molecule has 1 aromatic carbocycles. The highest BCUT2D eigenvalue weighted by molar-refractivity contribution is 7.39. The van der Waals surface area contributed by atoms with Gasteiger partial charge in [-0.3, -0.25) is 0 Å². The van der Waals surface area contributed by atoms with E-state index in [9.17, 15) is 0 Å². The Hall–Kier alpha value is -0.350. The largest absolute Gasteiger partial charge is 0.111 e. The van der Waals surface area contributed by atoms with Gasteiger partial charge < -0.3 is 0 Å². The SMILES string of the molecule is Cc1cccc(CPC2(C)CCC2)c1. The highest BCUT2D eigenvalue weighted by atomic mass is 31.1. The molecular formula is C13H19P. The highest BCUT2D eigenvalue weighted by Gasteiger charge is 2.30. The van der Waals surface area contributed by atoms with Crippen LogP contribution in [0.3, 0.4) is 0 Å². The van der Waals surface area contributed by atoms with Gasteiger partial charge in [0, 0.05) is 0 Å². The van der Waals surface area contributed by atoms with Gasteiger partial charge in [0.05, 0.1) is 0 Å². The smallest absolute Gasteiger partial charge is 0.00956 e. The third kappa shape index (κ3) is 2.36. The predicted octanol–water partition coefficient (Wildman–Crippen LogP) is 4.12. The third-order valence-corrected chi connectivity index (χ3v) is 5.20. The van der Waals surface area contributed by atoms with Crippen LogP contribution in [0.5, 0.6) is 0 Å². The van der Waals surface area contributed by atoms with Crippen LogP contribution in [-0.2, 0) is 6.16 Å². The molecule has 1 aromatic rings. The molecule has 14 heavy (non-hydrogen) atoms. The maximum Gasteiger partial charge on any atom is -0.00956 e. The minimum Gasteiger partial charge on any atom is -0.111 e. The summed E-state index contributed by atoms with van der Waals surface area (Å²) in [6.45, 7) is 4.63. The molecule has 1 atom stereocenters. The zero-order valence-electron chi connectivity index (χ0n) is 9.14. The van der Waals surface area contributed by atoms with Gasteiger partial charge in [-0.2, -0.15) is 0 Å². The maximum atomic E-state index is 2.45. The first-order chi connectivity index (χ1) is 6.68. The molecule has 1 aliphatic rings. The second-order valence-electron chi connectivity index (χ2n) is 4.76. The third-order valence-electron chi connectivity index (χ3n) is 3.26. The van der Waals surface area contributed by atoms with Crippen molar-refractivity contribution >= 4 is 8.58 Å². The van der Waals surface area contributed by atoms with E-state index in [1.54, 1.807) is 0 Å². The van der Waals surface area contributed by atoms with Gasteiger partial charge >= 0.3 is 0 Å². The Morgan fingerprint density at radius 3 is 2.71 bits per heavy atom. The first kappa shape index (κ1) is 10.2. The van der Waals surface area contributed by atoms with Crippen LogP contribution in [0.2, 0.25) is 0 Å². The molecule has 0 nitrogen and oxygen atoms in total. The monoisotopic (exact) mass is 206 g/mol. The molecule has 1 heteroatoms. The van der Waals surface area contributed by atoms with Crippen LogP contribution < -0.4 is 0 Å². The highest BCUT2D eigenvalue weighted by Crippen LogP contribution is 2.49. The molecule has 0 spiro atoms. The minimum atomic E-state index is 0.698. The van der Waals surface area contributed by atoms with Crippen molar-refractivity contribution in [3.63, 3.8) is 0 Å². The quantitative estimate of drug-likeness (QED) is 0.653. The van der Waals surface area contributed by atoms with E-state index in [0.29, 0.717) is 5.16 Å². The van der Waals surface area contributed by atoms with E-state index in [0.717, 1.165) is 8.58 Å². The van der Waals surface area contributed by atoms with Gasteiger partial charge in [0.1, 0.15) is 0 Å². The van der Waals surface area contributed by atoms with Crippen molar-refractivity contribution in [2.24, 2.45) is 0 Å². The summed E-state index contributed by atoms with van der Waals surface area (Å²) in [7, 11) is 1.12. The van der Waals surface area contributed by atoms with Crippen LogP contribution >= 0.6 is 8.58 Å². The first-order valence-electron chi connectivity index (χ1n) is 5.49. The van der Waals surface area contributed by atoms with Gasteiger partial charge in [0.2, 0.25) is 0 Å². The zero-order valence-corrected chi connectivity index (χ0v) is 10.1. The van der Waals surface area contributed by atoms with Crippen LogP contribution in [0.1, 0.15) is 37.3 Å². The molecule has 0 bridgehead atoms. The van der Waals surface area contributed by atoms with Gasteiger partial charge in [-0.15, -0.1) is 8.58 Å². The lowest BCUT2D eigenvalue weighted by Crippen LogP contribution is -2.27. The van der Waals surface area contributed by atoms with Crippen LogP contribution in [0.25, 0.3) is 0 Å². The average molecular weight is 206 g/mol. The topological polar surface area (TPSA) is 0 Å². The van der Waals surface area contributed by atoms with E-state index in [-0.39, 0.29) is 0 Å². The summed E-state index contributed by atoms with van der Waals surface area (Å²) in [6.07, 6.45) is 5.66. The van der Waals surface area contributed by atoms with Crippen molar-refractivity contribution < 1.29 is 0 Å². The molecule has 1 fully saturated rings. The molecule has 0 amide bonds. The fourth-order valence-corrected chi connectivity index (χ4v) is 3.58. The predicted molar refractivity (Wildman–Crippen MR) is 65.5 cm³/mol. The average Bonchev–Trinajstić information content (AvgIpc) is 2.12. The van der Waals surface area contributed by atoms with Gasteiger partial charge in [-0.25, -0.2) is 0 Å². The Morgan fingerprint density at radius 1 is 1.36 bits per heavy atom. The Morgan fingerprint density at radius 2 is 2.14 bits per heavy atom. The van der Waals surface area contributed by atoms with Gasteiger partial charge in [0.25, 0.3) is 0 Å². The molecule has 1 unspecified atom stereocenters. The Bertz CT molecular complexity index is 313. The number of hydrogen-bond acceptors (Lipinski definition) is 0. The van der Waals surface area contributed by atoms with Gasteiger partial charge in [-0.05, 0) is 36.6 Å². The van der Waals surface area contributed by atoms with Crippen molar-refractivity contribution in [1.29, 1.82) is 0 Å². The summed E-state index contributed by atoms with van der Waals surface area (Å²) in [5, 5.41) is 0.698. The van der Waals surface area contributed by atoms with Crippen molar-refractivity contribution in [2.45, 2.75) is 44.4 Å². The molecule has 0 heterocycles.